The van der Waals surface area contributed by atoms with Crippen molar-refractivity contribution < 1.29 is 9.90 Å². The van der Waals surface area contributed by atoms with E-state index in [9.17, 15) is 9.90 Å². The number of aliphatic hydroxyl groups excluding tert-OH is 1. The van der Waals surface area contributed by atoms with E-state index in [-0.39, 0.29) is 12.0 Å². The second-order valence-corrected chi connectivity index (χ2v) is 5.62. The SMILES string of the molecule is CC[C@H](O)CN1CCN(C(=O)CCCn2cccn2)CC1. The number of rotatable bonds is 7. The lowest BCUT2D eigenvalue weighted by molar-refractivity contribution is -0.133. The molecular weight excluding hydrogens is 268 g/mol. The van der Waals surface area contributed by atoms with Crippen LogP contribution in [0.5, 0.6) is 0 Å². The summed E-state index contributed by atoms with van der Waals surface area (Å²) in [5, 5.41) is 13.8. The van der Waals surface area contributed by atoms with Crippen molar-refractivity contribution in [3.05, 3.63) is 18.5 Å². The van der Waals surface area contributed by atoms with Crippen LogP contribution in [0.15, 0.2) is 18.5 Å². The number of nitrogens with zero attached hydrogens (tertiary/aromatic N) is 4. The van der Waals surface area contributed by atoms with E-state index >= 15 is 0 Å². The summed E-state index contributed by atoms with van der Waals surface area (Å²) in [6.45, 7) is 6.78. The number of aliphatic hydroxyl groups is 1. The molecule has 0 spiro atoms. The molecule has 0 radical (unpaired) electrons. The van der Waals surface area contributed by atoms with E-state index in [1.54, 1.807) is 6.20 Å². The van der Waals surface area contributed by atoms with Crippen molar-refractivity contribution >= 4 is 5.91 Å². The number of hydrogen-bond acceptors (Lipinski definition) is 4. The Hall–Kier alpha value is -1.40. The lowest BCUT2D eigenvalue weighted by Crippen LogP contribution is -2.50. The Balaban J connectivity index is 1.63. The number of aromatic nitrogens is 2. The van der Waals surface area contributed by atoms with Gasteiger partial charge in [-0.1, -0.05) is 6.92 Å². The summed E-state index contributed by atoms with van der Waals surface area (Å²) in [7, 11) is 0. The third kappa shape index (κ3) is 5.13. The minimum absolute atomic E-state index is 0.234. The van der Waals surface area contributed by atoms with Crippen LogP contribution in [0.1, 0.15) is 26.2 Å². The van der Waals surface area contributed by atoms with Crippen LogP contribution < -0.4 is 0 Å². The highest BCUT2D eigenvalue weighted by Crippen LogP contribution is 2.07. The molecule has 21 heavy (non-hydrogen) atoms. The molecule has 0 saturated carbocycles. The molecule has 6 nitrogen and oxygen atoms in total. The van der Waals surface area contributed by atoms with Crippen molar-refractivity contribution in [2.75, 3.05) is 32.7 Å². The average Bonchev–Trinajstić information content (AvgIpc) is 3.01. The molecule has 0 bridgehead atoms. The van der Waals surface area contributed by atoms with Crippen molar-refractivity contribution in [1.29, 1.82) is 0 Å². The topological polar surface area (TPSA) is 61.6 Å². The van der Waals surface area contributed by atoms with Gasteiger partial charge in [0.25, 0.3) is 0 Å². The molecule has 1 aromatic heterocycles. The zero-order valence-electron chi connectivity index (χ0n) is 12.8. The molecule has 0 unspecified atom stereocenters. The lowest BCUT2D eigenvalue weighted by Gasteiger charge is -2.35. The van der Waals surface area contributed by atoms with E-state index in [1.165, 1.54) is 0 Å². The minimum Gasteiger partial charge on any atom is -0.392 e. The molecular formula is C15H26N4O2. The summed E-state index contributed by atoms with van der Waals surface area (Å²) >= 11 is 0. The highest BCUT2D eigenvalue weighted by molar-refractivity contribution is 5.76. The summed E-state index contributed by atoms with van der Waals surface area (Å²) in [6.07, 6.45) is 5.62. The van der Waals surface area contributed by atoms with Crippen molar-refractivity contribution in [2.45, 2.75) is 38.8 Å². The Morgan fingerprint density at radius 1 is 1.33 bits per heavy atom. The summed E-state index contributed by atoms with van der Waals surface area (Å²) in [5.74, 6) is 0.234. The second-order valence-electron chi connectivity index (χ2n) is 5.62. The highest BCUT2D eigenvalue weighted by Gasteiger charge is 2.21. The Morgan fingerprint density at radius 2 is 2.10 bits per heavy atom. The molecule has 1 aromatic rings. The fourth-order valence-electron chi connectivity index (χ4n) is 2.59. The van der Waals surface area contributed by atoms with Gasteiger partial charge in [0.15, 0.2) is 0 Å². The first kappa shape index (κ1) is 16.0. The number of aryl methyl sites for hydroxylation is 1. The highest BCUT2D eigenvalue weighted by atomic mass is 16.3. The van der Waals surface area contributed by atoms with Gasteiger partial charge in [0, 0.05) is 58.1 Å². The van der Waals surface area contributed by atoms with Gasteiger partial charge in [0.05, 0.1) is 6.10 Å². The maximum atomic E-state index is 12.1. The van der Waals surface area contributed by atoms with E-state index in [2.05, 4.69) is 10.00 Å². The Morgan fingerprint density at radius 3 is 2.71 bits per heavy atom. The van der Waals surface area contributed by atoms with Gasteiger partial charge < -0.3 is 10.0 Å². The molecule has 2 heterocycles. The summed E-state index contributed by atoms with van der Waals surface area (Å²) < 4.78 is 1.86. The van der Waals surface area contributed by atoms with Gasteiger partial charge in [-0.2, -0.15) is 5.10 Å². The molecule has 6 heteroatoms. The van der Waals surface area contributed by atoms with Crippen molar-refractivity contribution in [3.63, 3.8) is 0 Å². The van der Waals surface area contributed by atoms with Gasteiger partial charge in [0.1, 0.15) is 0 Å². The normalized spacial score (nSPS) is 17.9. The molecule has 0 aliphatic carbocycles. The van der Waals surface area contributed by atoms with E-state index < -0.39 is 0 Å². The summed E-state index contributed by atoms with van der Waals surface area (Å²) in [4.78, 5) is 16.3. The largest absolute Gasteiger partial charge is 0.392 e. The van der Waals surface area contributed by atoms with Crippen LogP contribution in [0.3, 0.4) is 0 Å². The minimum atomic E-state index is -0.249. The van der Waals surface area contributed by atoms with Crippen molar-refractivity contribution in [2.24, 2.45) is 0 Å². The molecule has 1 N–H and O–H groups in total. The maximum Gasteiger partial charge on any atom is 0.222 e. The standard InChI is InChI=1S/C15H26N4O2/c1-2-14(20)13-17-9-11-18(12-10-17)15(21)5-3-7-19-8-4-6-16-19/h4,6,8,14,20H,2-3,5,7,9-13H2,1H3/t14-/m0/s1. The fourth-order valence-corrected chi connectivity index (χ4v) is 2.59. The molecule has 2 rings (SSSR count). The van der Waals surface area contributed by atoms with Crippen LogP contribution in [-0.4, -0.2) is 69.4 Å². The number of carbonyl (C=O) groups excluding carboxylic acids is 1. The van der Waals surface area contributed by atoms with Gasteiger partial charge in [0.2, 0.25) is 5.91 Å². The molecule has 1 saturated heterocycles. The zero-order chi connectivity index (χ0) is 15.1. The van der Waals surface area contributed by atoms with Gasteiger partial charge in [-0.3, -0.25) is 14.4 Å². The lowest BCUT2D eigenvalue weighted by atomic mass is 10.2. The van der Waals surface area contributed by atoms with Gasteiger partial charge in [-0.05, 0) is 18.9 Å². The van der Waals surface area contributed by atoms with E-state index in [0.29, 0.717) is 6.42 Å². The Labute approximate surface area is 126 Å². The van der Waals surface area contributed by atoms with Crippen LogP contribution in [0.2, 0.25) is 0 Å². The van der Waals surface area contributed by atoms with Gasteiger partial charge >= 0.3 is 0 Å². The number of β-amino-alcohol motifs (C(OH)–C–C–N with tert-alkyl or cyclic N) is 1. The smallest absolute Gasteiger partial charge is 0.222 e. The van der Waals surface area contributed by atoms with E-state index in [4.69, 9.17) is 0 Å². The Bertz CT molecular complexity index is 413. The molecule has 118 valence electrons. The molecule has 0 aromatic carbocycles. The predicted molar refractivity (Wildman–Crippen MR) is 80.8 cm³/mol. The van der Waals surface area contributed by atoms with Crippen LogP contribution >= 0.6 is 0 Å². The first-order valence-corrected chi connectivity index (χ1v) is 7.84. The molecule has 1 amide bonds. The molecule has 1 aliphatic rings. The third-order valence-corrected chi connectivity index (χ3v) is 4.00. The molecule has 1 aliphatic heterocycles. The predicted octanol–water partition coefficient (Wildman–Crippen LogP) is 0.578. The first-order valence-electron chi connectivity index (χ1n) is 7.84. The zero-order valence-corrected chi connectivity index (χ0v) is 12.8. The van der Waals surface area contributed by atoms with Crippen LogP contribution in [0.25, 0.3) is 0 Å². The van der Waals surface area contributed by atoms with E-state index in [1.807, 2.05) is 28.8 Å². The van der Waals surface area contributed by atoms with Gasteiger partial charge in [-0.15, -0.1) is 0 Å². The van der Waals surface area contributed by atoms with Gasteiger partial charge in [-0.25, -0.2) is 0 Å². The van der Waals surface area contributed by atoms with Crippen LogP contribution in [0, 0.1) is 0 Å². The Kier molecular flexibility index (Phi) is 6.20. The number of piperazine rings is 1. The molecule has 1 fully saturated rings. The fraction of sp³-hybridized carbons (Fsp3) is 0.733. The number of hydrogen-bond donors (Lipinski definition) is 1. The second kappa shape index (κ2) is 8.14. The van der Waals surface area contributed by atoms with Crippen LogP contribution in [-0.2, 0) is 11.3 Å². The maximum absolute atomic E-state index is 12.1. The quantitative estimate of drug-likeness (QED) is 0.799. The monoisotopic (exact) mass is 294 g/mol. The number of amides is 1. The number of carbonyl (C=O) groups is 1. The first-order chi connectivity index (χ1) is 10.2. The van der Waals surface area contributed by atoms with Crippen LogP contribution in [0.4, 0.5) is 0 Å². The summed E-state index contributed by atoms with van der Waals surface area (Å²) in [6, 6.07) is 1.89. The third-order valence-electron chi connectivity index (χ3n) is 4.00. The summed E-state index contributed by atoms with van der Waals surface area (Å²) in [5.41, 5.74) is 0. The van der Waals surface area contributed by atoms with E-state index in [0.717, 1.165) is 52.1 Å². The van der Waals surface area contributed by atoms with Crippen molar-refractivity contribution in [1.82, 2.24) is 19.6 Å². The average molecular weight is 294 g/mol. The van der Waals surface area contributed by atoms with Crippen molar-refractivity contribution in [3.8, 4) is 0 Å². The molecule has 1 atom stereocenters.